The number of aliphatic hydroxyl groups excluding tert-OH is 1. The number of rotatable bonds is 4. The zero-order chi connectivity index (χ0) is 17.1. The summed E-state index contributed by atoms with van der Waals surface area (Å²) >= 11 is 1.28. The van der Waals surface area contributed by atoms with Crippen LogP contribution in [0.4, 0.5) is 5.69 Å². The van der Waals surface area contributed by atoms with Crippen LogP contribution in [0.2, 0.25) is 0 Å². The molecule has 0 unspecified atom stereocenters. The predicted molar refractivity (Wildman–Crippen MR) is 89.9 cm³/mol. The van der Waals surface area contributed by atoms with Gasteiger partial charge >= 0.3 is 0 Å². The third-order valence-electron chi connectivity index (χ3n) is 4.07. The van der Waals surface area contributed by atoms with Gasteiger partial charge in [-0.1, -0.05) is 12.1 Å². The molecule has 0 atom stereocenters. The van der Waals surface area contributed by atoms with Crippen molar-refractivity contribution in [2.75, 3.05) is 0 Å². The summed E-state index contributed by atoms with van der Waals surface area (Å²) in [5.41, 5.74) is 0.927. The normalized spacial score (nSPS) is 20.5. The second-order valence-corrected chi connectivity index (χ2v) is 6.68. The summed E-state index contributed by atoms with van der Waals surface area (Å²) in [5.74, 6) is -0.246. The van der Waals surface area contributed by atoms with E-state index in [9.17, 15) is 20.0 Å². The fourth-order valence-corrected chi connectivity index (χ4v) is 3.54. The monoisotopic (exact) mass is 347 g/mol. The van der Waals surface area contributed by atoms with E-state index in [0.29, 0.717) is 29.1 Å². The Hall–Kier alpha value is -2.32. The number of nitro benzene ring substituents is 1. The Morgan fingerprint density at radius 3 is 2.79 bits per heavy atom. The average Bonchev–Trinajstić information content (AvgIpc) is 3.07. The van der Waals surface area contributed by atoms with Crippen molar-refractivity contribution in [3.8, 4) is 10.6 Å². The lowest BCUT2D eigenvalue weighted by molar-refractivity contribution is -0.384. The molecular weight excluding hydrogens is 330 g/mol. The number of non-ortho nitro benzene ring substituents is 1. The van der Waals surface area contributed by atoms with Crippen molar-refractivity contribution in [2.45, 2.75) is 37.8 Å². The molecule has 1 heterocycles. The molecule has 7 nitrogen and oxygen atoms in total. The Morgan fingerprint density at radius 2 is 2.08 bits per heavy atom. The molecule has 1 amide bonds. The van der Waals surface area contributed by atoms with Crippen molar-refractivity contribution in [3.63, 3.8) is 0 Å². The lowest BCUT2D eigenvalue weighted by atomic mass is 9.93. The van der Waals surface area contributed by atoms with E-state index in [4.69, 9.17) is 0 Å². The number of thiazole rings is 1. The molecule has 0 bridgehead atoms. The summed E-state index contributed by atoms with van der Waals surface area (Å²) in [4.78, 5) is 27.0. The Kier molecular flexibility index (Phi) is 4.86. The molecule has 1 saturated carbocycles. The average molecular weight is 347 g/mol. The van der Waals surface area contributed by atoms with Crippen LogP contribution in [-0.4, -0.2) is 33.1 Å². The lowest BCUT2D eigenvalue weighted by Crippen LogP contribution is -2.38. The van der Waals surface area contributed by atoms with E-state index >= 15 is 0 Å². The van der Waals surface area contributed by atoms with Crippen LogP contribution >= 0.6 is 11.3 Å². The first-order chi connectivity index (χ1) is 11.5. The molecule has 0 saturated heterocycles. The maximum Gasteiger partial charge on any atom is 0.270 e. The number of nitrogens with one attached hydrogen (secondary N) is 1. The van der Waals surface area contributed by atoms with Crippen molar-refractivity contribution in [1.82, 2.24) is 10.3 Å². The molecule has 8 heteroatoms. The highest BCUT2D eigenvalue weighted by molar-refractivity contribution is 7.13. The number of benzene rings is 1. The highest BCUT2D eigenvalue weighted by atomic mass is 32.1. The summed E-state index contributed by atoms with van der Waals surface area (Å²) in [6.45, 7) is 0. The molecule has 0 aliphatic heterocycles. The molecule has 1 fully saturated rings. The van der Waals surface area contributed by atoms with Gasteiger partial charge in [-0.25, -0.2) is 4.98 Å². The predicted octanol–water partition coefficient (Wildman–Crippen LogP) is 2.75. The van der Waals surface area contributed by atoms with Crippen molar-refractivity contribution >= 4 is 22.9 Å². The highest BCUT2D eigenvalue weighted by Gasteiger charge is 2.22. The molecule has 24 heavy (non-hydrogen) atoms. The van der Waals surface area contributed by atoms with Gasteiger partial charge < -0.3 is 10.4 Å². The molecule has 2 aromatic rings. The molecule has 1 aliphatic rings. The van der Waals surface area contributed by atoms with Crippen LogP contribution in [-0.2, 0) is 0 Å². The number of aliphatic hydroxyl groups is 1. The first kappa shape index (κ1) is 16.5. The van der Waals surface area contributed by atoms with Crippen molar-refractivity contribution in [1.29, 1.82) is 0 Å². The van der Waals surface area contributed by atoms with E-state index in [2.05, 4.69) is 10.3 Å². The maximum absolute atomic E-state index is 12.3. The molecule has 0 spiro atoms. The van der Waals surface area contributed by atoms with Gasteiger partial charge in [0.1, 0.15) is 10.7 Å². The van der Waals surface area contributed by atoms with Gasteiger partial charge in [0.2, 0.25) is 0 Å². The van der Waals surface area contributed by atoms with Crippen LogP contribution < -0.4 is 5.32 Å². The molecule has 2 N–H and O–H groups in total. The molecule has 1 aromatic heterocycles. The van der Waals surface area contributed by atoms with Crippen molar-refractivity contribution in [2.24, 2.45) is 0 Å². The fourth-order valence-electron chi connectivity index (χ4n) is 2.74. The fraction of sp³-hybridized carbons (Fsp3) is 0.375. The molecule has 3 rings (SSSR count). The first-order valence-corrected chi connectivity index (χ1v) is 8.60. The zero-order valence-electron chi connectivity index (χ0n) is 12.8. The summed E-state index contributed by atoms with van der Waals surface area (Å²) in [7, 11) is 0. The Balaban J connectivity index is 1.70. The standard InChI is InChI=1S/C16H17N3O4S/c20-13-6-4-11(5-7-13)17-15(21)14-9-24-16(18-14)10-2-1-3-12(8-10)19(22)23/h1-3,8-9,11,13,20H,4-7H2,(H,17,21). The largest absolute Gasteiger partial charge is 0.393 e. The van der Waals surface area contributed by atoms with Crippen LogP contribution in [0.1, 0.15) is 36.2 Å². The third kappa shape index (κ3) is 3.77. The lowest BCUT2D eigenvalue weighted by Gasteiger charge is -2.25. The van der Waals surface area contributed by atoms with E-state index < -0.39 is 4.92 Å². The zero-order valence-corrected chi connectivity index (χ0v) is 13.7. The van der Waals surface area contributed by atoms with E-state index in [1.54, 1.807) is 17.5 Å². The number of nitro groups is 1. The minimum Gasteiger partial charge on any atom is -0.393 e. The number of hydrogen-bond donors (Lipinski definition) is 2. The molecule has 1 aliphatic carbocycles. The maximum atomic E-state index is 12.3. The van der Waals surface area contributed by atoms with Gasteiger partial charge in [0.15, 0.2) is 0 Å². The van der Waals surface area contributed by atoms with Gasteiger partial charge in [-0.3, -0.25) is 14.9 Å². The Morgan fingerprint density at radius 1 is 1.33 bits per heavy atom. The van der Waals surface area contributed by atoms with Crippen LogP contribution in [0.15, 0.2) is 29.6 Å². The SMILES string of the molecule is O=C(NC1CCC(O)CC1)c1csc(-c2cccc([N+](=O)[O-])c2)n1. The minimum absolute atomic E-state index is 0.00513. The topological polar surface area (TPSA) is 105 Å². The van der Waals surface area contributed by atoms with Gasteiger partial charge in [-0.15, -0.1) is 11.3 Å². The van der Waals surface area contributed by atoms with Crippen molar-refractivity contribution < 1.29 is 14.8 Å². The summed E-state index contributed by atoms with van der Waals surface area (Å²) in [6, 6.07) is 6.26. The first-order valence-electron chi connectivity index (χ1n) is 7.72. The number of amides is 1. The van der Waals surface area contributed by atoms with Crippen molar-refractivity contribution in [3.05, 3.63) is 45.5 Å². The van der Waals surface area contributed by atoms with E-state index in [1.807, 2.05) is 0 Å². The summed E-state index contributed by atoms with van der Waals surface area (Å²) < 4.78 is 0. The minimum atomic E-state index is -0.456. The molecule has 1 aromatic carbocycles. The number of aromatic nitrogens is 1. The van der Waals surface area contributed by atoms with Gasteiger partial charge in [-0.2, -0.15) is 0 Å². The van der Waals surface area contributed by atoms with Crippen LogP contribution in [0.3, 0.4) is 0 Å². The summed E-state index contributed by atoms with van der Waals surface area (Å²) in [6.07, 6.45) is 2.64. The second kappa shape index (κ2) is 7.06. The van der Waals surface area contributed by atoms with E-state index in [-0.39, 0.29) is 23.7 Å². The van der Waals surface area contributed by atoms with Crippen LogP contribution in [0.25, 0.3) is 10.6 Å². The quantitative estimate of drug-likeness (QED) is 0.653. The second-order valence-electron chi connectivity index (χ2n) is 5.82. The summed E-state index contributed by atoms with van der Waals surface area (Å²) in [5, 5.41) is 25.5. The molecule has 126 valence electrons. The number of nitrogens with zero attached hydrogens (tertiary/aromatic N) is 2. The molecular formula is C16H17N3O4S. The number of hydrogen-bond acceptors (Lipinski definition) is 6. The number of carbonyl (C=O) groups excluding carboxylic acids is 1. The van der Waals surface area contributed by atoms with Gasteiger partial charge in [-0.05, 0) is 25.7 Å². The molecule has 0 radical (unpaired) electrons. The Bertz CT molecular complexity index is 753. The number of carbonyl (C=O) groups is 1. The Labute approximate surface area is 142 Å². The third-order valence-corrected chi connectivity index (χ3v) is 4.96. The van der Waals surface area contributed by atoms with E-state index in [1.165, 1.54) is 23.5 Å². The van der Waals surface area contributed by atoms with Gasteiger partial charge in [0.05, 0.1) is 11.0 Å². The van der Waals surface area contributed by atoms with Crippen LogP contribution in [0.5, 0.6) is 0 Å². The van der Waals surface area contributed by atoms with Gasteiger partial charge in [0, 0.05) is 29.1 Å². The smallest absolute Gasteiger partial charge is 0.270 e. The van der Waals surface area contributed by atoms with E-state index in [0.717, 1.165) is 12.8 Å². The highest BCUT2D eigenvalue weighted by Crippen LogP contribution is 2.27. The van der Waals surface area contributed by atoms with Gasteiger partial charge in [0.25, 0.3) is 11.6 Å². The van der Waals surface area contributed by atoms with Crippen LogP contribution in [0, 0.1) is 10.1 Å².